The predicted octanol–water partition coefficient (Wildman–Crippen LogP) is 12.9. The highest BCUT2D eigenvalue weighted by Gasteiger charge is 2.20. The molecule has 3 heterocycles. The molecule has 0 amide bonds. The number of rotatable bonds is 5. The van der Waals surface area contributed by atoms with E-state index in [9.17, 15) is 14.7 Å². The zero-order chi connectivity index (χ0) is 39.0. The van der Waals surface area contributed by atoms with Crippen LogP contribution in [0, 0.1) is 34.6 Å². The van der Waals surface area contributed by atoms with E-state index in [2.05, 4.69) is 99.8 Å². The van der Waals surface area contributed by atoms with E-state index in [1.165, 1.54) is 59.5 Å². The fourth-order valence-electron chi connectivity index (χ4n) is 5.19. The lowest BCUT2D eigenvalue weighted by Gasteiger charge is -2.02. The van der Waals surface area contributed by atoms with Crippen LogP contribution in [0.2, 0.25) is 0 Å². The van der Waals surface area contributed by atoms with Crippen molar-refractivity contribution in [3.8, 4) is 0 Å². The topological polar surface area (TPSA) is 74.6 Å². The number of thiophene rings is 1. The van der Waals surface area contributed by atoms with E-state index in [-0.39, 0.29) is 17.6 Å². The second kappa shape index (κ2) is 22.2. The Labute approximate surface area is 341 Å². The van der Waals surface area contributed by atoms with Gasteiger partial charge >= 0.3 is 5.97 Å². The predicted molar refractivity (Wildman–Crippen MR) is 237 cm³/mol. The normalized spacial score (nSPS) is 13.5. The van der Waals surface area contributed by atoms with Gasteiger partial charge in [0.2, 0.25) is 0 Å². The summed E-state index contributed by atoms with van der Waals surface area (Å²) in [6.45, 7) is 12.5. The van der Waals surface area contributed by atoms with Gasteiger partial charge in [-0.15, -0.1) is 58.4 Å². The maximum Gasteiger partial charge on any atom is 0.313 e. The highest BCUT2D eigenvalue weighted by Crippen LogP contribution is 2.38. The number of carboxylic acids is 1. The van der Waals surface area contributed by atoms with E-state index < -0.39 is 5.97 Å². The van der Waals surface area contributed by atoms with Crippen molar-refractivity contribution in [3.05, 3.63) is 154 Å². The minimum absolute atomic E-state index is 0.128. The average Bonchev–Trinajstić information content (AvgIpc) is 3.88. The summed E-state index contributed by atoms with van der Waals surface area (Å²) in [5.74, 6) is 2.22. The van der Waals surface area contributed by atoms with Crippen LogP contribution in [-0.4, -0.2) is 45.0 Å². The Hall–Kier alpha value is -3.44. The third kappa shape index (κ3) is 14.3. The lowest BCUT2D eigenvalue weighted by atomic mass is 10.1. The first-order valence-corrected chi connectivity index (χ1v) is 22.5. The van der Waals surface area contributed by atoms with Gasteiger partial charge in [0, 0.05) is 35.6 Å². The number of thioether (sulfide) groups is 4. The van der Waals surface area contributed by atoms with Crippen LogP contribution < -0.4 is 0 Å². The summed E-state index contributed by atoms with van der Waals surface area (Å²) in [7, 11) is 0. The quantitative estimate of drug-likeness (QED) is 0.167. The Balaban J connectivity index is 0.000000151. The van der Waals surface area contributed by atoms with Crippen molar-refractivity contribution < 1.29 is 19.8 Å². The minimum Gasteiger partial charge on any atom is -0.481 e. The fraction of sp³-hybridized carbons (Fsp3) is 0.244. The van der Waals surface area contributed by atoms with Crippen molar-refractivity contribution in [2.75, 3.05) is 23.0 Å². The molecule has 0 fully saturated rings. The number of Topliss-reactive ketones (excluding diaryl/α,β-unsaturated/α-hetero) is 1. The number of aliphatic hydroxyl groups excluding tert-OH is 1. The fourth-order valence-corrected chi connectivity index (χ4v) is 9.22. The molecule has 2 aliphatic rings. The smallest absolute Gasteiger partial charge is 0.313 e. The Bertz CT molecular complexity index is 2110. The molecule has 0 spiro atoms. The standard InChI is InChI=1S/C9H10O2S.C9H10OS.C9H8OS.C9H8S.C9H12S/c1-7-2-4-8(5-3-7)12-6-9(10)11;2*1-6-2-3-9-7(4-6)8(10)5-11-9;1-7-2-3-9-8(6-7)4-5-10-9;1-3-10-9-6-4-8(2)5-7-9/h2-5H,6H2,1H3,(H,10,11);2-4,8,10H,5H2,1H3;2-4H,5H2,1H3;2-6H,1H3;4-7H,3H2,1-2H3. The molecule has 0 aliphatic carbocycles. The van der Waals surface area contributed by atoms with Gasteiger partial charge < -0.3 is 10.2 Å². The van der Waals surface area contributed by atoms with Gasteiger partial charge in [-0.3, -0.25) is 9.59 Å². The molecule has 1 aromatic heterocycles. The summed E-state index contributed by atoms with van der Waals surface area (Å²) < 4.78 is 1.38. The Kier molecular flexibility index (Phi) is 17.8. The molecule has 1 atom stereocenters. The van der Waals surface area contributed by atoms with Crippen LogP contribution in [0.1, 0.15) is 56.8 Å². The number of aliphatic hydroxyl groups is 1. The number of hydrogen-bond donors (Lipinski definition) is 2. The van der Waals surface area contributed by atoms with Crippen LogP contribution in [0.5, 0.6) is 0 Å². The summed E-state index contributed by atoms with van der Waals surface area (Å²) >= 11 is 8.39. The van der Waals surface area contributed by atoms with E-state index in [1.54, 1.807) is 34.9 Å². The van der Waals surface area contributed by atoms with Crippen LogP contribution >= 0.6 is 58.4 Å². The number of aryl methyl sites for hydroxylation is 5. The van der Waals surface area contributed by atoms with Crippen LogP contribution in [0.25, 0.3) is 10.1 Å². The summed E-state index contributed by atoms with van der Waals surface area (Å²) in [4.78, 5) is 26.2. The Morgan fingerprint density at radius 3 is 1.87 bits per heavy atom. The zero-order valence-electron chi connectivity index (χ0n) is 31.6. The van der Waals surface area contributed by atoms with E-state index in [0.717, 1.165) is 32.4 Å². The first kappa shape index (κ1) is 43.3. The number of carboxylic acid groups (broad SMARTS) is 1. The van der Waals surface area contributed by atoms with E-state index >= 15 is 0 Å². The molecule has 4 nitrogen and oxygen atoms in total. The SMILES string of the molecule is CCSc1ccc(C)cc1.Cc1ccc(SCC(=O)O)cc1.Cc1ccc2c(c1)C(=O)CS2.Cc1ccc2c(c1)C(O)CS2.Cc1ccc2sccc2c1. The first-order valence-electron chi connectivity index (χ1n) is 17.6. The molecule has 1 unspecified atom stereocenters. The molecule has 0 saturated heterocycles. The van der Waals surface area contributed by atoms with Gasteiger partial charge in [0.15, 0.2) is 5.78 Å². The summed E-state index contributed by atoms with van der Waals surface area (Å²) in [6, 6.07) is 37.5. The highest BCUT2D eigenvalue weighted by atomic mass is 32.2. The molecule has 282 valence electrons. The third-order valence-electron chi connectivity index (χ3n) is 8.04. The lowest BCUT2D eigenvalue weighted by molar-refractivity contribution is -0.133. The monoisotopic (exact) mass is 812 g/mol. The number of hydrogen-bond acceptors (Lipinski definition) is 8. The van der Waals surface area contributed by atoms with Crippen molar-refractivity contribution >= 4 is 80.2 Å². The van der Waals surface area contributed by atoms with E-state index in [1.807, 2.05) is 68.1 Å². The molecule has 2 aliphatic heterocycles. The molecule has 54 heavy (non-hydrogen) atoms. The molecule has 2 N–H and O–H groups in total. The maximum absolute atomic E-state index is 11.2. The largest absolute Gasteiger partial charge is 0.481 e. The number of carbonyl (C=O) groups excluding carboxylic acids is 1. The molecule has 0 saturated carbocycles. The summed E-state index contributed by atoms with van der Waals surface area (Å²) in [6.07, 6.45) is -0.241. The van der Waals surface area contributed by atoms with Crippen molar-refractivity contribution in [3.63, 3.8) is 0 Å². The van der Waals surface area contributed by atoms with Gasteiger partial charge in [0.05, 0.1) is 17.6 Å². The second-order valence-electron chi connectivity index (χ2n) is 12.8. The number of carbonyl (C=O) groups is 2. The Morgan fingerprint density at radius 1 is 0.685 bits per heavy atom. The van der Waals surface area contributed by atoms with Crippen molar-refractivity contribution in [1.29, 1.82) is 0 Å². The molecule has 0 radical (unpaired) electrons. The number of aliphatic carboxylic acids is 1. The van der Waals surface area contributed by atoms with Crippen molar-refractivity contribution in [1.82, 2.24) is 0 Å². The number of ketones is 1. The van der Waals surface area contributed by atoms with Gasteiger partial charge in [0.1, 0.15) is 0 Å². The number of fused-ring (bicyclic) bond motifs is 3. The summed E-state index contributed by atoms with van der Waals surface area (Å²) in [5.41, 5.74) is 8.27. The van der Waals surface area contributed by atoms with Crippen molar-refractivity contribution in [2.24, 2.45) is 0 Å². The molecular weight excluding hydrogens is 765 g/mol. The van der Waals surface area contributed by atoms with Crippen LogP contribution in [-0.2, 0) is 4.79 Å². The van der Waals surface area contributed by atoms with Crippen molar-refractivity contribution in [2.45, 2.75) is 67.2 Å². The minimum atomic E-state index is -0.777. The van der Waals surface area contributed by atoms with Crippen LogP contribution in [0.3, 0.4) is 0 Å². The van der Waals surface area contributed by atoms with Gasteiger partial charge in [-0.1, -0.05) is 89.3 Å². The van der Waals surface area contributed by atoms with Gasteiger partial charge in [-0.25, -0.2) is 0 Å². The highest BCUT2D eigenvalue weighted by molar-refractivity contribution is 8.00. The molecule has 6 aromatic rings. The average molecular weight is 813 g/mol. The second-order valence-corrected chi connectivity index (χ2v) is 18.2. The van der Waals surface area contributed by atoms with Gasteiger partial charge in [0.25, 0.3) is 0 Å². The first-order chi connectivity index (χ1) is 25.9. The van der Waals surface area contributed by atoms with E-state index in [4.69, 9.17) is 5.11 Å². The molecule has 9 heteroatoms. The third-order valence-corrected chi connectivity index (χ3v) is 13.1. The van der Waals surface area contributed by atoms with Crippen LogP contribution in [0.4, 0.5) is 0 Å². The summed E-state index contributed by atoms with van der Waals surface area (Å²) in [5, 5.41) is 21.4. The number of benzene rings is 5. The molecule has 5 aromatic carbocycles. The molecule has 8 rings (SSSR count). The maximum atomic E-state index is 11.2. The molecular formula is C45H48O4S5. The van der Waals surface area contributed by atoms with Gasteiger partial charge in [-0.2, -0.15) is 0 Å². The lowest BCUT2D eigenvalue weighted by Crippen LogP contribution is -1.97. The zero-order valence-corrected chi connectivity index (χ0v) is 35.7. The molecule has 0 bridgehead atoms. The Morgan fingerprint density at radius 2 is 1.24 bits per heavy atom. The van der Waals surface area contributed by atoms with Crippen LogP contribution in [0.15, 0.2) is 134 Å². The van der Waals surface area contributed by atoms with E-state index in [0.29, 0.717) is 5.75 Å². The van der Waals surface area contributed by atoms with Gasteiger partial charge in [-0.05, 0) is 111 Å².